The highest BCUT2D eigenvalue weighted by atomic mass is 16.2. The van der Waals surface area contributed by atoms with E-state index in [-0.39, 0.29) is 34.7 Å². The van der Waals surface area contributed by atoms with Gasteiger partial charge in [-0.3, -0.25) is 38.6 Å². The summed E-state index contributed by atoms with van der Waals surface area (Å²) in [6, 6.07) is 20.5. The normalized spacial score (nSPS) is 13.0. The van der Waals surface area contributed by atoms with E-state index < -0.39 is 0 Å². The summed E-state index contributed by atoms with van der Waals surface area (Å²) in [4.78, 5) is 70.2. The second-order valence-electron chi connectivity index (χ2n) is 8.00. The molecule has 0 bridgehead atoms. The summed E-state index contributed by atoms with van der Waals surface area (Å²) >= 11 is 0. The van der Waals surface area contributed by atoms with Gasteiger partial charge in [0.25, 0.3) is 0 Å². The molecule has 3 aromatic carbocycles. The van der Waals surface area contributed by atoms with E-state index in [4.69, 9.17) is 22.1 Å². The summed E-state index contributed by atoms with van der Waals surface area (Å²) in [5.41, 5.74) is 30.0. The lowest BCUT2D eigenvalue weighted by Gasteiger charge is -2.06. The maximum absolute atomic E-state index is 11.2. The molecule has 0 aliphatic heterocycles. The summed E-state index contributed by atoms with van der Waals surface area (Å²) in [6.07, 6.45) is 7.86. The van der Waals surface area contributed by atoms with Crippen molar-refractivity contribution in [3.63, 3.8) is 0 Å². The number of ketones is 6. The molecule has 42 heavy (non-hydrogen) atoms. The van der Waals surface area contributed by atoms with Gasteiger partial charge in [0.2, 0.25) is 0 Å². The van der Waals surface area contributed by atoms with E-state index in [0.717, 1.165) is 0 Å². The molecule has 12 heteroatoms. The molecule has 3 aromatic rings. The highest BCUT2D eigenvalue weighted by Gasteiger charge is 2.18. The fourth-order valence-corrected chi connectivity index (χ4v) is 3.73. The van der Waals surface area contributed by atoms with Crippen molar-refractivity contribution in [3.05, 3.63) is 175 Å². The summed E-state index contributed by atoms with van der Waals surface area (Å²) in [6.45, 7) is 0. The van der Waals surface area contributed by atoms with Crippen LogP contribution in [0.5, 0.6) is 0 Å². The van der Waals surface area contributed by atoms with Crippen LogP contribution in [0.1, 0.15) is 62.1 Å². The van der Waals surface area contributed by atoms with Gasteiger partial charge in [0.1, 0.15) is 0 Å². The SMILES string of the molecule is O=C1C=CC(=O)c2ccccc21.O=C1C=CC(=O)c2ccccc21.O=C1C=CC(=O)c2ccccc21.[N-]=[N+]=[N-].[N-]=[N+]=[N-]. The Morgan fingerprint density at radius 3 is 0.548 bits per heavy atom. The first-order valence-electron chi connectivity index (χ1n) is 11.7. The second-order valence-corrected chi connectivity index (χ2v) is 8.00. The maximum atomic E-state index is 11.2. The van der Waals surface area contributed by atoms with E-state index in [1.165, 1.54) is 46.3 Å². The Hall–Kier alpha value is -6.48. The third kappa shape index (κ3) is 8.26. The summed E-state index contributed by atoms with van der Waals surface area (Å²) in [5, 5.41) is 0. The molecule has 3 aliphatic carbocycles. The van der Waals surface area contributed by atoms with Crippen molar-refractivity contribution in [2.45, 2.75) is 0 Å². The lowest BCUT2D eigenvalue weighted by molar-refractivity contribution is 0.0994. The average molecular weight is 559 g/mol. The molecule has 0 amide bonds. The highest BCUT2D eigenvalue weighted by Crippen LogP contribution is 2.17. The molecule has 6 rings (SSSR count). The van der Waals surface area contributed by atoms with Crippen molar-refractivity contribution in [1.82, 2.24) is 0 Å². The van der Waals surface area contributed by atoms with Gasteiger partial charge in [0.05, 0.1) is 0 Å². The second kappa shape index (κ2) is 15.8. The number of allylic oxidation sites excluding steroid dienone is 6. The number of nitrogens with zero attached hydrogens (tertiary/aromatic N) is 6. The van der Waals surface area contributed by atoms with Gasteiger partial charge >= 0.3 is 0 Å². The molecule has 0 spiro atoms. The summed E-state index contributed by atoms with van der Waals surface area (Å²) in [5.74, 6) is -0.554. The molecule has 0 saturated carbocycles. The summed E-state index contributed by atoms with van der Waals surface area (Å²) in [7, 11) is 0. The Balaban J connectivity index is 0.000000201. The molecule has 0 N–H and O–H groups in total. The van der Waals surface area contributed by atoms with E-state index in [9.17, 15) is 28.8 Å². The number of hydrogen-bond donors (Lipinski definition) is 0. The molecular weight excluding hydrogens is 540 g/mol. The minimum absolute atomic E-state index is 0.0924. The lowest BCUT2D eigenvalue weighted by atomic mass is 9.95. The minimum atomic E-state index is -0.0924. The van der Waals surface area contributed by atoms with Crippen molar-refractivity contribution in [2.24, 2.45) is 0 Å². The number of rotatable bonds is 0. The Kier molecular flexibility index (Phi) is 12.0. The van der Waals surface area contributed by atoms with Crippen LogP contribution in [-0.4, -0.2) is 34.7 Å². The first kappa shape index (κ1) is 31.7. The van der Waals surface area contributed by atoms with Crippen LogP contribution in [0.2, 0.25) is 0 Å². The van der Waals surface area contributed by atoms with Gasteiger partial charge in [0.15, 0.2) is 34.7 Å². The van der Waals surface area contributed by atoms with E-state index in [1.807, 2.05) is 0 Å². The van der Waals surface area contributed by atoms with Crippen LogP contribution in [-0.2, 0) is 0 Å². The third-order valence-electron chi connectivity index (χ3n) is 5.53. The zero-order valence-corrected chi connectivity index (χ0v) is 21.5. The zero-order chi connectivity index (χ0) is 31.1. The molecule has 12 nitrogen and oxygen atoms in total. The number of fused-ring (bicyclic) bond motifs is 3. The van der Waals surface area contributed by atoms with Crippen LogP contribution >= 0.6 is 0 Å². The largest absolute Gasteiger partial charge is 0.373 e. The Morgan fingerprint density at radius 1 is 0.310 bits per heavy atom. The average Bonchev–Trinajstić information content (AvgIpc) is 3.01. The van der Waals surface area contributed by atoms with E-state index >= 15 is 0 Å². The number of benzene rings is 3. The number of hydrogen-bond acceptors (Lipinski definition) is 6. The first-order valence-corrected chi connectivity index (χ1v) is 11.7. The Morgan fingerprint density at radius 2 is 0.429 bits per heavy atom. The van der Waals surface area contributed by atoms with Crippen molar-refractivity contribution in [3.8, 4) is 0 Å². The van der Waals surface area contributed by atoms with Gasteiger partial charge in [-0.1, -0.05) is 72.8 Å². The predicted octanol–water partition coefficient (Wildman–Crippen LogP) is 6.60. The van der Waals surface area contributed by atoms with Crippen molar-refractivity contribution >= 4 is 34.7 Å². The van der Waals surface area contributed by atoms with Crippen LogP contribution in [0.25, 0.3) is 31.9 Å². The maximum Gasteiger partial charge on any atom is 0.186 e. The quantitative estimate of drug-likeness (QED) is 0.168. The van der Waals surface area contributed by atoms with Gasteiger partial charge in [-0.25, -0.2) is 0 Å². The molecule has 0 atom stereocenters. The smallest absolute Gasteiger partial charge is 0.186 e. The van der Waals surface area contributed by atoms with E-state index in [0.29, 0.717) is 33.4 Å². The van der Waals surface area contributed by atoms with Crippen molar-refractivity contribution < 1.29 is 28.8 Å². The highest BCUT2D eigenvalue weighted by molar-refractivity contribution is 6.23. The molecule has 206 valence electrons. The minimum Gasteiger partial charge on any atom is -0.373 e. The molecule has 0 saturated heterocycles. The molecule has 0 aromatic heterocycles. The third-order valence-corrected chi connectivity index (χ3v) is 5.53. The fraction of sp³-hybridized carbons (Fsp3) is 0. The standard InChI is InChI=1S/3C10H6O2.2N3/c3*11-9-5-6-10(12)8-4-2-1-3-7(8)9;2*1-3-2/h3*1-6H;;/q;;;2*-1. The van der Waals surface area contributed by atoms with Crippen LogP contribution in [0.4, 0.5) is 0 Å². The van der Waals surface area contributed by atoms with Gasteiger partial charge in [0, 0.05) is 33.4 Å². The first-order chi connectivity index (χ1) is 20.2. The molecule has 3 aliphatic rings. The molecular formula is C30H18N6O6-2. The molecule has 0 radical (unpaired) electrons. The van der Waals surface area contributed by atoms with Crippen molar-refractivity contribution in [2.75, 3.05) is 0 Å². The van der Waals surface area contributed by atoms with Gasteiger partial charge < -0.3 is 22.1 Å². The fourth-order valence-electron chi connectivity index (χ4n) is 3.73. The monoisotopic (exact) mass is 558 g/mol. The van der Waals surface area contributed by atoms with E-state index in [2.05, 4.69) is 0 Å². The Bertz CT molecular complexity index is 1430. The Labute approximate surface area is 238 Å². The molecule has 0 unspecified atom stereocenters. The number of carbonyl (C=O) groups excluding carboxylic acids is 6. The van der Waals surface area contributed by atoms with Gasteiger partial charge in [-0.05, 0) is 36.5 Å². The summed E-state index contributed by atoms with van der Waals surface area (Å²) < 4.78 is 0. The van der Waals surface area contributed by atoms with Crippen LogP contribution in [0, 0.1) is 0 Å². The van der Waals surface area contributed by atoms with E-state index in [1.54, 1.807) is 72.8 Å². The van der Waals surface area contributed by atoms with Crippen molar-refractivity contribution in [1.29, 1.82) is 0 Å². The molecule has 0 fully saturated rings. The predicted molar refractivity (Wildman–Crippen MR) is 153 cm³/mol. The van der Waals surface area contributed by atoms with Crippen LogP contribution < -0.4 is 0 Å². The molecule has 0 heterocycles. The van der Waals surface area contributed by atoms with Crippen LogP contribution in [0.3, 0.4) is 0 Å². The van der Waals surface area contributed by atoms with Gasteiger partial charge in [-0.2, -0.15) is 0 Å². The zero-order valence-electron chi connectivity index (χ0n) is 21.5. The van der Waals surface area contributed by atoms with Crippen LogP contribution in [0.15, 0.2) is 109 Å². The topological polar surface area (TPSA) is 220 Å². The lowest BCUT2D eigenvalue weighted by Crippen LogP contribution is -2.10. The number of carbonyl (C=O) groups is 6. The van der Waals surface area contributed by atoms with Gasteiger partial charge in [-0.15, -0.1) is 0 Å².